The van der Waals surface area contributed by atoms with Crippen molar-refractivity contribution in [1.82, 2.24) is 0 Å². The molecule has 5 rings (SSSR count). The first-order valence-corrected chi connectivity index (χ1v) is 11.2. The van der Waals surface area contributed by atoms with E-state index in [2.05, 4.69) is 34.6 Å². The van der Waals surface area contributed by atoms with Crippen LogP contribution in [0.25, 0.3) is 11.0 Å². The van der Waals surface area contributed by atoms with Gasteiger partial charge in [0.05, 0.1) is 11.4 Å². The Balaban J connectivity index is 0.00000119. The van der Waals surface area contributed by atoms with Crippen molar-refractivity contribution in [2.75, 3.05) is 22.1 Å². The van der Waals surface area contributed by atoms with Crippen LogP contribution in [0.5, 0.6) is 0 Å². The molecule has 7 heteroatoms. The van der Waals surface area contributed by atoms with E-state index < -0.39 is 11.5 Å². The summed E-state index contributed by atoms with van der Waals surface area (Å²) in [5, 5.41) is 7.82. The van der Waals surface area contributed by atoms with Gasteiger partial charge in [0, 0.05) is 23.7 Å². The maximum atomic E-state index is 12.3. The first kappa shape index (κ1) is 21.7. The van der Waals surface area contributed by atoms with Gasteiger partial charge in [-0.05, 0) is 61.9 Å². The maximum Gasteiger partial charge on any atom is 0.349 e. The van der Waals surface area contributed by atoms with Gasteiger partial charge in [0.25, 0.3) is 5.91 Å². The Bertz CT molecular complexity index is 1230. The van der Waals surface area contributed by atoms with Gasteiger partial charge < -0.3 is 25.7 Å². The number of amides is 1. The third kappa shape index (κ3) is 4.02. The molecule has 4 N–H and O–H groups in total. The Kier molecular flexibility index (Phi) is 5.82. The normalized spacial score (nSPS) is 16.8. The fourth-order valence-electron chi connectivity index (χ4n) is 4.18. The Morgan fingerprint density at radius 3 is 2.62 bits per heavy atom. The number of anilines is 3. The molecule has 2 aliphatic rings. The molecule has 1 saturated carbocycles. The Morgan fingerprint density at radius 1 is 1.22 bits per heavy atom. The molecule has 1 amide bonds. The van der Waals surface area contributed by atoms with E-state index in [9.17, 15) is 9.59 Å². The molecule has 7 nitrogen and oxygen atoms in total. The van der Waals surface area contributed by atoms with Gasteiger partial charge in [-0.2, -0.15) is 0 Å². The third-order valence-electron chi connectivity index (χ3n) is 5.92. The highest BCUT2D eigenvalue weighted by Crippen LogP contribution is 2.42. The van der Waals surface area contributed by atoms with Gasteiger partial charge in [-0.15, -0.1) is 0 Å². The molecular formula is C25H30N4O3. The van der Waals surface area contributed by atoms with Gasteiger partial charge in [-0.25, -0.2) is 4.79 Å². The molecule has 1 atom stereocenters. The standard InChI is InChI=1S/C23H24N4O3.C2H6/c1-12-4-3-5-15(8-12)25-23-26-17-9-16-13(2)20(21(24)28)22(29)30-19(16)10-18(17)27(23)11-14-6-7-14;1-2/h3-5,8-10,14,23,25-26H,6-7,11H2,1-2H3,(H2,24,28);1-2H3. The third-order valence-corrected chi connectivity index (χ3v) is 5.92. The Morgan fingerprint density at radius 2 is 1.97 bits per heavy atom. The maximum absolute atomic E-state index is 12.3. The molecule has 32 heavy (non-hydrogen) atoms. The molecule has 1 aromatic heterocycles. The molecule has 168 valence electrons. The number of fused-ring (bicyclic) bond motifs is 2. The largest absolute Gasteiger partial charge is 0.422 e. The quantitative estimate of drug-likeness (QED) is 0.509. The number of hydrogen-bond acceptors (Lipinski definition) is 6. The predicted molar refractivity (Wildman–Crippen MR) is 129 cm³/mol. The highest BCUT2D eigenvalue weighted by Gasteiger charge is 2.34. The SMILES string of the molecule is CC.Cc1cccc(NC2Nc3cc4c(C)c(C(N)=O)c(=O)oc4cc3N2CC2CC2)c1. The van der Waals surface area contributed by atoms with Crippen LogP contribution in [0.3, 0.4) is 0 Å². The number of carbonyl (C=O) groups is 1. The first-order chi connectivity index (χ1) is 15.4. The summed E-state index contributed by atoms with van der Waals surface area (Å²) in [5.41, 5.74) is 9.74. The molecule has 1 aliphatic carbocycles. The highest BCUT2D eigenvalue weighted by atomic mass is 16.4. The molecule has 2 aromatic carbocycles. The monoisotopic (exact) mass is 434 g/mol. The second kappa shape index (κ2) is 8.57. The van der Waals surface area contributed by atoms with Crippen LogP contribution in [0.1, 0.15) is 48.2 Å². The van der Waals surface area contributed by atoms with Gasteiger partial charge in [0.2, 0.25) is 0 Å². The average molecular weight is 435 g/mol. The fourth-order valence-corrected chi connectivity index (χ4v) is 4.18. The molecule has 1 fully saturated rings. The lowest BCUT2D eigenvalue weighted by atomic mass is 10.0. The minimum absolute atomic E-state index is 0.0929. The molecule has 3 aromatic rings. The van der Waals surface area contributed by atoms with E-state index in [0.717, 1.165) is 23.6 Å². The summed E-state index contributed by atoms with van der Waals surface area (Å²) in [6, 6.07) is 12.1. The van der Waals surface area contributed by atoms with Crippen LogP contribution < -0.4 is 26.9 Å². The van der Waals surface area contributed by atoms with Crippen LogP contribution >= 0.6 is 0 Å². The van der Waals surface area contributed by atoms with Crippen molar-refractivity contribution in [1.29, 1.82) is 0 Å². The van der Waals surface area contributed by atoms with Crippen molar-refractivity contribution in [2.24, 2.45) is 11.7 Å². The zero-order valence-electron chi connectivity index (χ0n) is 19.0. The zero-order chi connectivity index (χ0) is 23.0. The topological polar surface area (TPSA) is 101 Å². The molecule has 0 radical (unpaired) electrons. The van der Waals surface area contributed by atoms with E-state index in [4.69, 9.17) is 10.2 Å². The number of aryl methyl sites for hydroxylation is 2. The molecule has 1 aliphatic heterocycles. The summed E-state index contributed by atoms with van der Waals surface area (Å²) in [4.78, 5) is 26.3. The summed E-state index contributed by atoms with van der Waals surface area (Å²) >= 11 is 0. The summed E-state index contributed by atoms with van der Waals surface area (Å²) in [7, 11) is 0. The van der Waals surface area contributed by atoms with Crippen LogP contribution in [0, 0.1) is 19.8 Å². The average Bonchev–Trinajstić information content (AvgIpc) is 3.51. The van der Waals surface area contributed by atoms with Gasteiger partial charge in [0.15, 0.2) is 6.29 Å². The summed E-state index contributed by atoms with van der Waals surface area (Å²) in [6.45, 7) is 8.71. The van der Waals surface area contributed by atoms with Crippen LogP contribution in [-0.4, -0.2) is 18.7 Å². The van der Waals surface area contributed by atoms with E-state index >= 15 is 0 Å². The number of nitrogens with one attached hydrogen (secondary N) is 2. The van der Waals surface area contributed by atoms with Gasteiger partial charge >= 0.3 is 5.63 Å². The number of hydrogen-bond donors (Lipinski definition) is 3. The lowest BCUT2D eigenvalue weighted by Gasteiger charge is -2.28. The van der Waals surface area contributed by atoms with Crippen LogP contribution in [0.4, 0.5) is 17.1 Å². The van der Waals surface area contributed by atoms with Crippen molar-refractivity contribution in [2.45, 2.75) is 46.8 Å². The number of rotatable bonds is 5. The second-order valence-corrected chi connectivity index (χ2v) is 8.28. The van der Waals surface area contributed by atoms with E-state index in [1.165, 1.54) is 18.4 Å². The fraction of sp³-hybridized carbons (Fsp3) is 0.360. The van der Waals surface area contributed by atoms with Crippen molar-refractivity contribution in [3.05, 3.63) is 63.5 Å². The number of nitrogens with zero attached hydrogens (tertiary/aromatic N) is 1. The molecule has 2 heterocycles. The van der Waals surface area contributed by atoms with E-state index in [1.807, 2.05) is 38.1 Å². The van der Waals surface area contributed by atoms with Crippen molar-refractivity contribution in [3.63, 3.8) is 0 Å². The minimum atomic E-state index is -0.772. The molecule has 1 unspecified atom stereocenters. The Labute approximate surface area is 187 Å². The summed E-state index contributed by atoms with van der Waals surface area (Å²) in [6.07, 6.45) is 2.33. The minimum Gasteiger partial charge on any atom is -0.422 e. The second-order valence-electron chi connectivity index (χ2n) is 8.28. The van der Waals surface area contributed by atoms with Crippen LogP contribution in [0.15, 0.2) is 45.6 Å². The number of carbonyl (C=O) groups excluding carboxylic acids is 1. The van der Waals surface area contributed by atoms with Crippen LogP contribution in [0.2, 0.25) is 0 Å². The van der Waals surface area contributed by atoms with Crippen molar-refractivity contribution in [3.8, 4) is 0 Å². The molecule has 0 bridgehead atoms. The van der Waals surface area contributed by atoms with E-state index in [-0.39, 0.29) is 11.9 Å². The molecule has 0 spiro atoms. The van der Waals surface area contributed by atoms with Gasteiger partial charge in [-0.1, -0.05) is 26.0 Å². The predicted octanol–water partition coefficient (Wildman–Crippen LogP) is 4.57. The Hall–Kier alpha value is -3.48. The van der Waals surface area contributed by atoms with Gasteiger partial charge in [-0.3, -0.25) is 4.79 Å². The van der Waals surface area contributed by atoms with Crippen molar-refractivity contribution >= 4 is 33.9 Å². The van der Waals surface area contributed by atoms with E-state index in [0.29, 0.717) is 22.5 Å². The number of nitrogens with two attached hydrogens (primary N) is 1. The molecular weight excluding hydrogens is 404 g/mol. The lowest BCUT2D eigenvalue weighted by Crippen LogP contribution is -2.43. The van der Waals surface area contributed by atoms with Crippen LogP contribution in [-0.2, 0) is 0 Å². The van der Waals surface area contributed by atoms with Gasteiger partial charge in [0.1, 0.15) is 11.1 Å². The number of benzene rings is 2. The smallest absolute Gasteiger partial charge is 0.349 e. The van der Waals surface area contributed by atoms with E-state index in [1.54, 1.807) is 6.92 Å². The van der Waals surface area contributed by atoms with Crippen molar-refractivity contribution < 1.29 is 9.21 Å². The molecule has 0 saturated heterocycles. The summed E-state index contributed by atoms with van der Waals surface area (Å²) in [5.74, 6) is -0.104. The number of primary amides is 1. The summed E-state index contributed by atoms with van der Waals surface area (Å²) < 4.78 is 5.47. The highest BCUT2D eigenvalue weighted by molar-refractivity contribution is 6.00. The zero-order valence-corrected chi connectivity index (χ0v) is 19.0. The lowest BCUT2D eigenvalue weighted by molar-refractivity contribution is 0.0996. The first-order valence-electron chi connectivity index (χ1n) is 11.2.